The molecule has 22 heavy (non-hydrogen) atoms. The van der Waals surface area contributed by atoms with Crippen LogP contribution in [0.15, 0.2) is 36.7 Å². The van der Waals surface area contributed by atoms with Crippen molar-refractivity contribution in [3.63, 3.8) is 0 Å². The molecule has 116 valence electrons. The van der Waals surface area contributed by atoms with Gasteiger partial charge in [0.25, 0.3) is 0 Å². The lowest BCUT2D eigenvalue weighted by atomic mass is 9.80. The quantitative estimate of drug-likeness (QED) is 0.683. The molecule has 1 heterocycles. The smallest absolute Gasteiger partial charge is 0.319 e. The molecule has 1 fully saturated rings. The molecule has 1 atom stereocenters. The van der Waals surface area contributed by atoms with Crippen LogP contribution in [-0.4, -0.2) is 34.0 Å². The van der Waals surface area contributed by atoms with Crippen LogP contribution in [-0.2, 0) is 0 Å². The predicted molar refractivity (Wildman–Crippen MR) is 84.4 cm³/mol. The van der Waals surface area contributed by atoms with Crippen molar-refractivity contribution in [1.29, 1.82) is 0 Å². The highest BCUT2D eigenvalue weighted by Crippen LogP contribution is 2.29. The van der Waals surface area contributed by atoms with Gasteiger partial charge in [-0.1, -0.05) is 18.6 Å². The molecule has 0 aliphatic heterocycles. The first-order valence-electron chi connectivity index (χ1n) is 7.54. The minimum atomic E-state index is -0.276. The SMILES string of the molecule is O=C(Nc1ccc(-c2cn[nH]c2)cc1)NC(CO)C1CCC1. The van der Waals surface area contributed by atoms with E-state index < -0.39 is 0 Å². The fraction of sp³-hybridized carbons (Fsp3) is 0.375. The number of nitrogens with one attached hydrogen (secondary N) is 3. The molecule has 2 aromatic rings. The summed E-state index contributed by atoms with van der Waals surface area (Å²) in [5.74, 6) is 0.402. The Morgan fingerprint density at radius 3 is 2.64 bits per heavy atom. The number of benzene rings is 1. The van der Waals surface area contributed by atoms with Gasteiger partial charge >= 0.3 is 6.03 Å². The number of amides is 2. The Bertz CT molecular complexity index is 606. The van der Waals surface area contributed by atoms with E-state index in [1.807, 2.05) is 30.5 Å². The monoisotopic (exact) mass is 300 g/mol. The van der Waals surface area contributed by atoms with Crippen molar-refractivity contribution in [3.05, 3.63) is 36.7 Å². The molecule has 1 aliphatic carbocycles. The molecule has 6 heteroatoms. The van der Waals surface area contributed by atoms with Crippen LogP contribution in [0, 0.1) is 5.92 Å². The first-order valence-corrected chi connectivity index (χ1v) is 7.54. The van der Waals surface area contributed by atoms with Crippen LogP contribution in [0.25, 0.3) is 11.1 Å². The molecule has 6 nitrogen and oxygen atoms in total. The van der Waals surface area contributed by atoms with E-state index in [0.717, 1.165) is 29.7 Å². The van der Waals surface area contributed by atoms with Gasteiger partial charge in [-0.15, -0.1) is 0 Å². The molecule has 0 radical (unpaired) electrons. The van der Waals surface area contributed by atoms with E-state index in [1.165, 1.54) is 6.42 Å². The molecule has 0 bridgehead atoms. The number of H-pyrrole nitrogens is 1. The van der Waals surface area contributed by atoms with Gasteiger partial charge in [-0.05, 0) is 36.5 Å². The molecular weight excluding hydrogens is 280 g/mol. The lowest BCUT2D eigenvalue weighted by Gasteiger charge is -2.33. The van der Waals surface area contributed by atoms with E-state index in [0.29, 0.717) is 5.92 Å². The fourth-order valence-corrected chi connectivity index (χ4v) is 2.65. The van der Waals surface area contributed by atoms with Gasteiger partial charge < -0.3 is 15.7 Å². The number of hydrogen-bond donors (Lipinski definition) is 4. The number of aromatic nitrogens is 2. The Labute approximate surface area is 128 Å². The number of anilines is 1. The average molecular weight is 300 g/mol. The van der Waals surface area contributed by atoms with Crippen LogP contribution in [0.1, 0.15) is 19.3 Å². The molecule has 1 aromatic heterocycles. The lowest BCUT2D eigenvalue weighted by molar-refractivity contribution is 0.153. The molecule has 4 N–H and O–H groups in total. The van der Waals surface area contributed by atoms with Crippen molar-refractivity contribution < 1.29 is 9.90 Å². The van der Waals surface area contributed by atoms with Gasteiger partial charge in [0, 0.05) is 17.4 Å². The summed E-state index contributed by atoms with van der Waals surface area (Å²) in [5.41, 5.74) is 2.75. The zero-order chi connectivity index (χ0) is 15.4. The van der Waals surface area contributed by atoms with Crippen LogP contribution in [0.3, 0.4) is 0 Å². The van der Waals surface area contributed by atoms with Gasteiger partial charge in [0.2, 0.25) is 0 Å². The number of urea groups is 1. The normalized spacial score (nSPS) is 15.9. The van der Waals surface area contributed by atoms with E-state index in [-0.39, 0.29) is 18.7 Å². The second-order valence-electron chi connectivity index (χ2n) is 5.64. The van der Waals surface area contributed by atoms with Gasteiger partial charge in [-0.3, -0.25) is 5.10 Å². The summed E-state index contributed by atoms with van der Waals surface area (Å²) in [6.45, 7) is -0.0164. The Morgan fingerprint density at radius 1 is 1.32 bits per heavy atom. The zero-order valence-electron chi connectivity index (χ0n) is 12.2. The molecule has 1 aromatic carbocycles. The highest BCUT2D eigenvalue weighted by Gasteiger charge is 2.27. The molecule has 0 spiro atoms. The number of carbonyl (C=O) groups excluding carboxylic acids is 1. The Balaban J connectivity index is 1.57. The Hall–Kier alpha value is -2.34. The maximum atomic E-state index is 12.0. The number of aliphatic hydroxyl groups is 1. The van der Waals surface area contributed by atoms with Crippen LogP contribution in [0.2, 0.25) is 0 Å². The van der Waals surface area contributed by atoms with E-state index in [2.05, 4.69) is 20.8 Å². The second kappa shape index (κ2) is 6.62. The fourth-order valence-electron chi connectivity index (χ4n) is 2.65. The summed E-state index contributed by atoms with van der Waals surface area (Å²) < 4.78 is 0. The number of carbonyl (C=O) groups is 1. The second-order valence-corrected chi connectivity index (χ2v) is 5.64. The third-order valence-electron chi connectivity index (χ3n) is 4.21. The molecular formula is C16H20N4O2. The predicted octanol–water partition coefficient (Wildman–Crippen LogP) is 2.36. The zero-order valence-corrected chi connectivity index (χ0v) is 12.2. The summed E-state index contributed by atoms with van der Waals surface area (Å²) in [6.07, 6.45) is 6.90. The Kier molecular flexibility index (Phi) is 4.39. The van der Waals surface area contributed by atoms with E-state index >= 15 is 0 Å². The largest absolute Gasteiger partial charge is 0.394 e. The molecule has 3 rings (SSSR count). The van der Waals surface area contributed by atoms with E-state index in [9.17, 15) is 9.90 Å². The maximum Gasteiger partial charge on any atom is 0.319 e. The van der Waals surface area contributed by atoms with Crippen molar-refractivity contribution in [1.82, 2.24) is 15.5 Å². The number of rotatable bonds is 5. The van der Waals surface area contributed by atoms with Crippen molar-refractivity contribution in [2.45, 2.75) is 25.3 Å². The summed E-state index contributed by atoms with van der Waals surface area (Å²) in [4.78, 5) is 12.0. The summed E-state index contributed by atoms with van der Waals surface area (Å²) in [5, 5.41) is 21.7. The van der Waals surface area contributed by atoms with Crippen molar-refractivity contribution in [2.24, 2.45) is 5.92 Å². The third-order valence-corrected chi connectivity index (χ3v) is 4.21. The van der Waals surface area contributed by atoms with Crippen molar-refractivity contribution >= 4 is 11.7 Å². The maximum absolute atomic E-state index is 12.0. The van der Waals surface area contributed by atoms with Gasteiger partial charge in [0.15, 0.2) is 0 Å². The van der Waals surface area contributed by atoms with Crippen molar-refractivity contribution in [2.75, 3.05) is 11.9 Å². The molecule has 2 amide bonds. The summed E-state index contributed by atoms with van der Waals surface area (Å²) >= 11 is 0. The van der Waals surface area contributed by atoms with Crippen LogP contribution < -0.4 is 10.6 Å². The van der Waals surface area contributed by atoms with Crippen LogP contribution >= 0.6 is 0 Å². The standard InChI is InChI=1S/C16H20N4O2/c21-10-15(12-2-1-3-12)20-16(22)19-14-6-4-11(5-7-14)13-8-17-18-9-13/h4-9,12,15,21H,1-3,10H2,(H,17,18)(H2,19,20,22). The minimum absolute atomic E-state index is 0.0164. The molecule has 1 unspecified atom stereocenters. The third kappa shape index (κ3) is 3.28. The van der Waals surface area contributed by atoms with E-state index in [1.54, 1.807) is 6.20 Å². The highest BCUT2D eigenvalue weighted by atomic mass is 16.3. The van der Waals surface area contributed by atoms with Crippen molar-refractivity contribution in [3.8, 4) is 11.1 Å². The van der Waals surface area contributed by atoms with Gasteiger partial charge in [0.05, 0.1) is 18.8 Å². The summed E-state index contributed by atoms with van der Waals surface area (Å²) in [7, 11) is 0. The van der Waals surface area contributed by atoms with Crippen LogP contribution in [0.5, 0.6) is 0 Å². The number of aliphatic hydroxyl groups excluding tert-OH is 1. The van der Waals surface area contributed by atoms with Gasteiger partial charge in [-0.25, -0.2) is 4.79 Å². The van der Waals surface area contributed by atoms with E-state index in [4.69, 9.17) is 0 Å². The van der Waals surface area contributed by atoms with Gasteiger partial charge in [-0.2, -0.15) is 5.10 Å². The van der Waals surface area contributed by atoms with Gasteiger partial charge in [0.1, 0.15) is 0 Å². The Morgan fingerprint density at radius 2 is 2.09 bits per heavy atom. The van der Waals surface area contributed by atoms with Crippen LogP contribution in [0.4, 0.5) is 10.5 Å². The summed E-state index contributed by atoms with van der Waals surface area (Å²) in [6, 6.07) is 7.12. The minimum Gasteiger partial charge on any atom is -0.394 e. The topological polar surface area (TPSA) is 90.0 Å². The highest BCUT2D eigenvalue weighted by molar-refractivity contribution is 5.89. The molecule has 0 saturated heterocycles. The first kappa shape index (κ1) is 14.6. The number of aromatic amines is 1. The lowest BCUT2D eigenvalue weighted by Crippen LogP contribution is -2.46. The number of nitrogens with zero attached hydrogens (tertiary/aromatic N) is 1. The average Bonchev–Trinajstić information content (AvgIpc) is 2.99. The first-order chi connectivity index (χ1) is 10.8. The number of hydrogen-bond acceptors (Lipinski definition) is 3. The molecule has 1 aliphatic rings. The molecule has 1 saturated carbocycles.